The first-order chi connectivity index (χ1) is 7.70. The van der Waals surface area contributed by atoms with Crippen molar-refractivity contribution >= 4 is 11.9 Å². The molecule has 0 radical (unpaired) electrons. The van der Waals surface area contributed by atoms with Gasteiger partial charge in [-0.3, -0.25) is 0 Å². The highest BCUT2D eigenvalue weighted by atomic mass is 14.8. The molecule has 0 unspecified atom stereocenters. The molecule has 0 amide bonds. The van der Waals surface area contributed by atoms with E-state index in [0.717, 1.165) is 22.4 Å². The summed E-state index contributed by atoms with van der Waals surface area (Å²) in [6.07, 6.45) is 1.82. The summed E-state index contributed by atoms with van der Waals surface area (Å²) in [5, 5.41) is 0. The summed E-state index contributed by atoms with van der Waals surface area (Å²) in [6.45, 7) is 5.79. The molecule has 0 atom stereocenters. The molecule has 2 heteroatoms. The van der Waals surface area contributed by atoms with Gasteiger partial charge in [-0.2, -0.15) is 0 Å². The van der Waals surface area contributed by atoms with Crippen molar-refractivity contribution in [3.63, 3.8) is 0 Å². The Morgan fingerprint density at radius 1 is 1.25 bits per heavy atom. The van der Waals surface area contributed by atoms with Gasteiger partial charge in [0.05, 0.1) is 5.69 Å². The molecule has 1 aromatic heterocycles. The minimum Gasteiger partial charge on any atom is -0.384 e. The van der Waals surface area contributed by atoms with Gasteiger partial charge in [0.2, 0.25) is 0 Å². The summed E-state index contributed by atoms with van der Waals surface area (Å²) in [5.41, 5.74) is 9.91. The van der Waals surface area contributed by atoms with Crippen LogP contribution in [0.1, 0.15) is 11.1 Å². The molecule has 2 N–H and O–H groups in total. The average Bonchev–Trinajstić information content (AvgIpc) is 2.32. The zero-order valence-corrected chi connectivity index (χ0v) is 9.27. The van der Waals surface area contributed by atoms with Gasteiger partial charge < -0.3 is 5.73 Å². The fourth-order valence-electron chi connectivity index (χ4n) is 1.65. The first-order valence-electron chi connectivity index (χ1n) is 5.16. The van der Waals surface area contributed by atoms with Gasteiger partial charge in [-0.1, -0.05) is 36.9 Å². The van der Waals surface area contributed by atoms with Gasteiger partial charge >= 0.3 is 0 Å². The molecule has 80 valence electrons. The minimum absolute atomic E-state index is 0.546. The predicted molar refractivity (Wildman–Crippen MR) is 68.9 cm³/mol. The summed E-state index contributed by atoms with van der Waals surface area (Å²) >= 11 is 0. The highest BCUT2D eigenvalue weighted by Crippen LogP contribution is 2.23. The number of hydrogen-bond donors (Lipinski definition) is 1. The normalized spacial score (nSPS) is 10.1. The Bertz CT molecular complexity index is 530. The zero-order chi connectivity index (χ0) is 11.5. The molecule has 0 saturated carbocycles. The fraction of sp³-hybridized carbons (Fsp3) is 0.0714. The lowest BCUT2D eigenvalue weighted by molar-refractivity contribution is 1.28. The topological polar surface area (TPSA) is 38.9 Å². The van der Waals surface area contributed by atoms with E-state index in [-0.39, 0.29) is 0 Å². The van der Waals surface area contributed by atoms with Crippen LogP contribution in [0, 0.1) is 6.92 Å². The smallest absolute Gasteiger partial charge is 0.124 e. The molecule has 0 saturated heterocycles. The fourth-order valence-corrected chi connectivity index (χ4v) is 1.65. The molecule has 2 nitrogen and oxygen atoms in total. The number of pyridine rings is 1. The molecular weight excluding hydrogens is 196 g/mol. The van der Waals surface area contributed by atoms with E-state index < -0.39 is 0 Å². The zero-order valence-electron chi connectivity index (χ0n) is 9.27. The highest BCUT2D eigenvalue weighted by molar-refractivity contribution is 5.67. The van der Waals surface area contributed by atoms with Crippen molar-refractivity contribution in [2.45, 2.75) is 6.92 Å². The van der Waals surface area contributed by atoms with Gasteiger partial charge in [-0.15, -0.1) is 0 Å². The van der Waals surface area contributed by atoms with E-state index in [1.165, 1.54) is 0 Å². The van der Waals surface area contributed by atoms with E-state index in [2.05, 4.69) is 17.6 Å². The van der Waals surface area contributed by atoms with Crippen molar-refractivity contribution < 1.29 is 0 Å². The van der Waals surface area contributed by atoms with Gasteiger partial charge in [-0.25, -0.2) is 4.98 Å². The maximum Gasteiger partial charge on any atom is 0.124 e. The number of nitrogens with zero attached hydrogens (tertiary/aromatic N) is 1. The number of hydrogen-bond acceptors (Lipinski definition) is 2. The third-order valence-corrected chi connectivity index (χ3v) is 2.51. The van der Waals surface area contributed by atoms with Crippen LogP contribution in [0.3, 0.4) is 0 Å². The second kappa shape index (κ2) is 4.19. The summed E-state index contributed by atoms with van der Waals surface area (Å²) in [7, 11) is 0. The molecule has 0 spiro atoms. The Morgan fingerprint density at radius 2 is 2.06 bits per heavy atom. The van der Waals surface area contributed by atoms with E-state index in [0.29, 0.717) is 5.82 Å². The van der Waals surface area contributed by atoms with Crippen molar-refractivity contribution in [3.8, 4) is 11.3 Å². The van der Waals surface area contributed by atoms with E-state index in [1.54, 1.807) is 0 Å². The van der Waals surface area contributed by atoms with Crippen LogP contribution in [0.4, 0.5) is 5.82 Å². The Balaban J connectivity index is 2.57. The number of aryl methyl sites for hydroxylation is 1. The Labute approximate surface area is 95.5 Å². The molecule has 0 aliphatic heterocycles. The van der Waals surface area contributed by atoms with Crippen LogP contribution in [0.15, 0.2) is 43.0 Å². The first-order valence-corrected chi connectivity index (χ1v) is 5.16. The second-order valence-electron chi connectivity index (χ2n) is 3.73. The molecule has 0 aliphatic carbocycles. The van der Waals surface area contributed by atoms with Crippen LogP contribution in [0.25, 0.3) is 17.3 Å². The minimum atomic E-state index is 0.546. The second-order valence-corrected chi connectivity index (χ2v) is 3.73. The summed E-state index contributed by atoms with van der Waals surface area (Å²) < 4.78 is 0. The van der Waals surface area contributed by atoms with Crippen molar-refractivity contribution in [1.82, 2.24) is 4.98 Å². The standard InChI is InChI=1S/C14H14N2/c1-3-11-5-4-6-12(9-11)14-10(2)7-8-13(15)16-14/h3-9H,1H2,2H3,(H2,15,16). The maximum absolute atomic E-state index is 5.70. The molecular formula is C14H14N2. The lowest BCUT2D eigenvalue weighted by Gasteiger charge is -2.06. The van der Waals surface area contributed by atoms with Crippen molar-refractivity contribution in [2.75, 3.05) is 5.73 Å². The van der Waals surface area contributed by atoms with E-state index >= 15 is 0 Å². The van der Waals surface area contributed by atoms with Crippen LogP contribution in [0.5, 0.6) is 0 Å². The van der Waals surface area contributed by atoms with Crippen LogP contribution in [-0.4, -0.2) is 4.98 Å². The number of nitrogen functional groups attached to an aromatic ring is 1. The van der Waals surface area contributed by atoms with Gasteiger partial charge in [0.25, 0.3) is 0 Å². The Morgan fingerprint density at radius 3 is 2.81 bits per heavy atom. The summed E-state index contributed by atoms with van der Waals surface area (Å²) in [4.78, 5) is 4.36. The van der Waals surface area contributed by atoms with Gasteiger partial charge in [-0.05, 0) is 30.2 Å². The number of nitrogens with two attached hydrogens (primary N) is 1. The first kappa shape index (κ1) is 10.4. The van der Waals surface area contributed by atoms with Gasteiger partial charge in [0.15, 0.2) is 0 Å². The molecule has 1 aromatic carbocycles. The average molecular weight is 210 g/mol. The highest BCUT2D eigenvalue weighted by Gasteiger charge is 2.04. The Hall–Kier alpha value is -2.09. The molecule has 0 aliphatic rings. The predicted octanol–water partition coefficient (Wildman–Crippen LogP) is 3.28. The lowest BCUT2D eigenvalue weighted by Crippen LogP contribution is -1.94. The largest absolute Gasteiger partial charge is 0.384 e. The maximum atomic E-state index is 5.70. The molecule has 16 heavy (non-hydrogen) atoms. The van der Waals surface area contributed by atoms with Crippen molar-refractivity contribution in [2.24, 2.45) is 0 Å². The number of anilines is 1. The lowest BCUT2D eigenvalue weighted by atomic mass is 10.0. The van der Waals surface area contributed by atoms with E-state index in [4.69, 9.17) is 5.73 Å². The van der Waals surface area contributed by atoms with Crippen molar-refractivity contribution in [1.29, 1.82) is 0 Å². The van der Waals surface area contributed by atoms with Crippen LogP contribution in [-0.2, 0) is 0 Å². The summed E-state index contributed by atoms with van der Waals surface area (Å²) in [6, 6.07) is 11.9. The number of benzene rings is 1. The Kier molecular flexibility index (Phi) is 2.73. The van der Waals surface area contributed by atoms with Crippen LogP contribution >= 0.6 is 0 Å². The van der Waals surface area contributed by atoms with Crippen LogP contribution < -0.4 is 5.73 Å². The molecule has 0 fully saturated rings. The SMILES string of the molecule is C=Cc1cccc(-c2nc(N)ccc2C)c1. The number of rotatable bonds is 2. The van der Waals surface area contributed by atoms with E-state index in [9.17, 15) is 0 Å². The monoisotopic (exact) mass is 210 g/mol. The third-order valence-electron chi connectivity index (χ3n) is 2.51. The van der Waals surface area contributed by atoms with E-state index in [1.807, 2.05) is 43.3 Å². The van der Waals surface area contributed by atoms with Gasteiger partial charge in [0.1, 0.15) is 5.82 Å². The third kappa shape index (κ3) is 1.96. The molecule has 2 rings (SSSR count). The number of aromatic nitrogens is 1. The van der Waals surface area contributed by atoms with Crippen molar-refractivity contribution in [3.05, 3.63) is 54.1 Å². The quantitative estimate of drug-likeness (QED) is 0.826. The van der Waals surface area contributed by atoms with Gasteiger partial charge in [0, 0.05) is 5.56 Å². The summed E-state index contributed by atoms with van der Waals surface area (Å²) in [5.74, 6) is 0.546. The van der Waals surface area contributed by atoms with Crippen LogP contribution in [0.2, 0.25) is 0 Å². The molecule has 0 bridgehead atoms. The molecule has 2 aromatic rings. The molecule has 1 heterocycles.